The van der Waals surface area contributed by atoms with E-state index in [1.165, 1.54) is 28.8 Å². The molecule has 1 aromatic carbocycles. The molecule has 0 saturated carbocycles. The molecule has 3 heterocycles. The van der Waals surface area contributed by atoms with E-state index in [0.29, 0.717) is 23.7 Å². The summed E-state index contributed by atoms with van der Waals surface area (Å²) in [6, 6.07) is 5.71. The number of rotatable bonds is 2. The largest absolute Gasteiger partial charge is 0.383 e. The fraction of sp³-hybridized carbons (Fsp3) is 0.500. The third-order valence-corrected chi connectivity index (χ3v) is 6.32. The normalized spacial score (nSPS) is 24.1. The third kappa shape index (κ3) is 2.97. The smallest absolute Gasteiger partial charge is 0.264 e. The summed E-state index contributed by atoms with van der Waals surface area (Å²) in [5.41, 5.74) is 13.1. The Bertz CT molecular complexity index is 935. The number of benzene rings is 1. The van der Waals surface area contributed by atoms with Crippen molar-refractivity contribution in [1.29, 1.82) is 0 Å². The lowest BCUT2D eigenvalue weighted by Gasteiger charge is -2.41. The van der Waals surface area contributed by atoms with Crippen LogP contribution in [0.3, 0.4) is 0 Å². The number of nitrogens with zero attached hydrogens (tertiary/aromatic N) is 3. The molecule has 0 bridgehead atoms. The van der Waals surface area contributed by atoms with Crippen LogP contribution in [0.1, 0.15) is 19.8 Å². The molecule has 0 radical (unpaired) electrons. The Kier molecular flexibility index (Phi) is 4.63. The number of aromatic nitrogens is 2. The number of nitrogen functional groups attached to an aromatic ring is 1. The fourth-order valence-electron chi connectivity index (χ4n) is 4.40. The second kappa shape index (κ2) is 6.86. The second-order valence-electron chi connectivity index (χ2n) is 7.93. The summed E-state index contributed by atoms with van der Waals surface area (Å²) in [7, 11) is 1.69. The van der Waals surface area contributed by atoms with Gasteiger partial charge in [-0.05, 0) is 37.5 Å². The van der Waals surface area contributed by atoms with Crippen LogP contribution in [0.2, 0.25) is 0 Å². The maximum absolute atomic E-state index is 13.2. The zero-order valence-corrected chi connectivity index (χ0v) is 16.2. The lowest BCUT2D eigenvalue weighted by Crippen LogP contribution is -2.51. The quantitative estimate of drug-likeness (QED) is 0.810. The minimum absolute atomic E-state index is 0.00558. The van der Waals surface area contributed by atoms with Crippen LogP contribution in [0.25, 0.3) is 11.1 Å². The van der Waals surface area contributed by atoms with Crippen LogP contribution in [0.5, 0.6) is 0 Å². The van der Waals surface area contributed by atoms with Gasteiger partial charge in [0.15, 0.2) is 0 Å². The summed E-state index contributed by atoms with van der Waals surface area (Å²) < 4.78 is 20.5. The van der Waals surface area contributed by atoms with Crippen molar-refractivity contribution in [3.8, 4) is 11.1 Å². The Hall–Kier alpha value is -2.45. The Morgan fingerprint density at radius 3 is 2.46 bits per heavy atom. The van der Waals surface area contributed by atoms with Crippen molar-refractivity contribution >= 4 is 11.8 Å². The summed E-state index contributed by atoms with van der Waals surface area (Å²) in [6.07, 6.45) is 1.84. The van der Waals surface area contributed by atoms with Gasteiger partial charge in [0.25, 0.3) is 5.56 Å². The van der Waals surface area contributed by atoms with Gasteiger partial charge in [-0.1, -0.05) is 12.1 Å². The van der Waals surface area contributed by atoms with Gasteiger partial charge >= 0.3 is 0 Å². The summed E-state index contributed by atoms with van der Waals surface area (Å²) >= 11 is 0. The van der Waals surface area contributed by atoms with Crippen molar-refractivity contribution < 1.29 is 9.13 Å². The number of nitrogens with two attached hydrogens (primary N) is 2. The molecule has 2 saturated heterocycles. The van der Waals surface area contributed by atoms with Crippen molar-refractivity contribution in [3.05, 3.63) is 40.4 Å². The molecular formula is C20H26FN5O2. The highest BCUT2D eigenvalue weighted by Crippen LogP contribution is 2.41. The molecule has 2 aromatic rings. The monoisotopic (exact) mass is 387 g/mol. The Balaban J connectivity index is 1.62. The average Bonchev–Trinajstić information content (AvgIpc) is 2.96. The van der Waals surface area contributed by atoms with Crippen LogP contribution in [0.4, 0.5) is 16.2 Å². The van der Waals surface area contributed by atoms with Crippen LogP contribution in [-0.2, 0) is 11.8 Å². The van der Waals surface area contributed by atoms with Crippen LogP contribution in [-0.4, -0.2) is 41.4 Å². The van der Waals surface area contributed by atoms with Crippen molar-refractivity contribution in [2.75, 3.05) is 30.3 Å². The third-order valence-electron chi connectivity index (χ3n) is 6.32. The van der Waals surface area contributed by atoms with Gasteiger partial charge in [-0.25, -0.2) is 4.39 Å². The Morgan fingerprint density at radius 2 is 1.89 bits per heavy atom. The molecule has 1 spiro atoms. The van der Waals surface area contributed by atoms with Gasteiger partial charge in [0.05, 0.1) is 18.3 Å². The lowest BCUT2D eigenvalue weighted by atomic mass is 9.73. The van der Waals surface area contributed by atoms with Crippen molar-refractivity contribution in [2.24, 2.45) is 18.2 Å². The first kappa shape index (κ1) is 18.9. The summed E-state index contributed by atoms with van der Waals surface area (Å²) in [5, 5.41) is 0. The number of hydrogen-bond donors (Lipinski definition) is 2. The summed E-state index contributed by atoms with van der Waals surface area (Å²) in [6.45, 7) is 4.17. The van der Waals surface area contributed by atoms with Gasteiger partial charge in [-0.2, -0.15) is 4.98 Å². The summed E-state index contributed by atoms with van der Waals surface area (Å²) in [4.78, 5) is 19.6. The van der Waals surface area contributed by atoms with Gasteiger partial charge in [-0.3, -0.25) is 9.36 Å². The van der Waals surface area contributed by atoms with Crippen LogP contribution in [0, 0.1) is 11.2 Å². The zero-order valence-electron chi connectivity index (χ0n) is 16.2. The minimum Gasteiger partial charge on any atom is -0.383 e. The van der Waals surface area contributed by atoms with E-state index >= 15 is 0 Å². The number of ether oxygens (including phenoxy) is 1. The SMILES string of the molecule is C[C@@H]1OCC2(CCN(c3nc(N)c(-c4ccc(F)cc4)c(=O)n3C)CC2)[C@@H]1N. The molecule has 4 N–H and O–H groups in total. The molecule has 7 nitrogen and oxygen atoms in total. The topological polar surface area (TPSA) is 99.4 Å². The van der Waals surface area contributed by atoms with Crippen LogP contribution in [0.15, 0.2) is 29.1 Å². The van der Waals surface area contributed by atoms with E-state index < -0.39 is 0 Å². The lowest BCUT2D eigenvalue weighted by molar-refractivity contribution is 0.0973. The summed E-state index contributed by atoms with van der Waals surface area (Å²) in [5.74, 6) is 0.331. The van der Waals surface area contributed by atoms with E-state index in [-0.39, 0.29) is 34.8 Å². The van der Waals surface area contributed by atoms with E-state index in [1.54, 1.807) is 7.05 Å². The van der Waals surface area contributed by atoms with Gasteiger partial charge in [0, 0.05) is 31.6 Å². The molecule has 4 rings (SSSR count). The highest BCUT2D eigenvalue weighted by molar-refractivity contribution is 5.73. The molecular weight excluding hydrogens is 361 g/mol. The zero-order chi connectivity index (χ0) is 20.1. The molecule has 1 aromatic heterocycles. The number of halogens is 1. The Morgan fingerprint density at radius 1 is 1.25 bits per heavy atom. The van der Waals surface area contributed by atoms with E-state index in [2.05, 4.69) is 9.88 Å². The highest BCUT2D eigenvalue weighted by Gasteiger charge is 2.47. The molecule has 0 aliphatic carbocycles. The molecule has 8 heteroatoms. The van der Waals surface area contributed by atoms with Crippen LogP contribution < -0.4 is 21.9 Å². The van der Waals surface area contributed by atoms with Crippen LogP contribution >= 0.6 is 0 Å². The molecule has 0 unspecified atom stereocenters. The highest BCUT2D eigenvalue weighted by atomic mass is 19.1. The molecule has 0 amide bonds. The molecule has 28 heavy (non-hydrogen) atoms. The van der Waals surface area contributed by atoms with Gasteiger partial charge in [0.2, 0.25) is 5.95 Å². The first-order valence-electron chi connectivity index (χ1n) is 9.57. The van der Waals surface area contributed by atoms with Crippen molar-refractivity contribution in [3.63, 3.8) is 0 Å². The van der Waals surface area contributed by atoms with E-state index in [0.717, 1.165) is 25.9 Å². The predicted molar refractivity (Wildman–Crippen MR) is 107 cm³/mol. The molecule has 150 valence electrons. The predicted octanol–water partition coefficient (Wildman–Crippen LogP) is 1.50. The van der Waals surface area contributed by atoms with Crippen molar-refractivity contribution in [1.82, 2.24) is 9.55 Å². The first-order chi connectivity index (χ1) is 13.3. The molecule has 2 aliphatic heterocycles. The second-order valence-corrected chi connectivity index (χ2v) is 7.93. The maximum atomic E-state index is 13.2. The first-order valence-corrected chi connectivity index (χ1v) is 9.57. The van der Waals surface area contributed by atoms with Gasteiger partial charge < -0.3 is 21.1 Å². The molecule has 2 fully saturated rings. The number of piperidine rings is 1. The van der Waals surface area contributed by atoms with Crippen molar-refractivity contribution in [2.45, 2.75) is 31.9 Å². The fourth-order valence-corrected chi connectivity index (χ4v) is 4.40. The Labute approximate surface area is 163 Å². The molecule has 2 aliphatic rings. The van der Waals surface area contributed by atoms with E-state index in [9.17, 15) is 9.18 Å². The number of hydrogen-bond acceptors (Lipinski definition) is 6. The standard InChI is InChI=1S/C20H26FN5O2/c1-12-16(22)20(11-28-12)7-9-26(10-8-20)19-24-17(23)15(18(27)25(19)2)13-3-5-14(21)6-4-13/h3-6,12,16H,7-11,22-23H2,1-2H3/t12-,16+/m0/s1. The average molecular weight is 387 g/mol. The molecule has 2 atom stereocenters. The van der Waals surface area contributed by atoms with E-state index in [4.69, 9.17) is 16.2 Å². The van der Waals surface area contributed by atoms with Gasteiger partial charge in [0.1, 0.15) is 11.6 Å². The minimum atomic E-state index is -0.366. The number of anilines is 2. The maximum Gasteiger partial charge on any atom is 0.264 e. The van der Waals surface area contributed by atoms with E-state index in [1.807, 2.05) is 6.92 Å². The van der Waals surface area contributed by atoms with Gasteiger partial charge in [-0.15, -0.1) is 0 Å².